The molecule has 0 radical (unpaired) electrons. The van der Waals surface area contributed by atoms with Crippen molar-refractivity contribution in [3.8, 4) is 5.69 Å². The fourth-order valence-corrected chi connectivity index (χ4v) is 1.34. The Morgan fingerprint density at radius 1 is 1.21 bits per heavy atom. The number of rotatable bonds is 1. The highest BCUT2D eigenvalue weighted by molar-refractivity contribution is 5.34. The Kier molecular flexibility index (Phi) is 1.92. The van der Waals surface area contributed by atoms with Crippen LogP contribution in [0, 0.1) is 13.8 Å². The summed E-state index contributed by atoms with van der Waals surface area (Å²) < 4.78 is 1.64. The maximum atomic E-state index is 5.43. The zero-order valence-corrected chi connectivity index (χ0v) is 8.10. The first-order valence-electron chi connectivity index (χ1n) is 4.28. The first-order valence-corrected chi connectivity index (χ1v) is 4.28. The first kappa shape index (κ1) is 8.68. The minimum absolute atomic E-state index is 0.275. The molecule has 2 aromatic heterocycles. The molecule has 2 N–H and O–H groups in total. The van der Waals surface area contributed by atoms with Crippen molar-refractivity contribution in [2.45, 2.75) is 13.8 Å². The second-order valence-corrected chi connectivity index (χ2v) is 3.16. The summed E-state index contributed by atoms with van der Waals surface area (Å²) in [5.74, 6) is 0.275. The maximum Gasteiger partial charge on any atom is 0.239 e. The summed E-state index contributed by atoms with van der Waals surface area (Å²) in [4.78, 5) is 8.14. The summed E-state index contributed by atoms with van der Waals surface area (Å²) in [5.41, 5.74) is 8.27. The molecule has 0 aliphatic carbocycles. The molecule has 0 aromatic carbocycles. The lowest BCUT2D eigenvalue weighted by Gasteiger charge is -2.02. The molecule has 5 nitrogen and oxygen atoms in total. The molecule has 2 rings (SSSR count). The van der Waals surface area contributed by atoms with Crippen LogP contribution in [-0.2, 0) is 0 Å². The molecule has 0 fully saturated rings. The molecule has 0 atom stereocenters. The summed E-state index contributed by atoms with van der Waals surface area (Å²) in [7, 11) is 0. The van der Waals surface area contributed by atoms with Crippen molar-refractivity contribution in [3.63, 3.8) is 0 Å². The molecular formula is C9H11N5. The van der Waals surface area contributed by atoms with Crippen molar-refractivity contribution >= 4 is 5.95 Å². The van der Waals surface area contributed by atoms with Gasteiger partial charge in [-0.2, -0.15) is 0 Å². The van der Waals surface area contributed by atoms with Gasteiger partial charge in [-0.25, -0.2) is 9.67 Å². The van der Waals surface area contributed by atoms with E-state index in [1.165, 1.54) is 0 Å². The molecule has 14 heavy (non-hydrogen) atoms. The van der Waals surface area contributed by atoms with E-state index in [-0.39, 0.29) is 5.95 Å². The Labute approximate surface area is 81.6 Å². The Morgan fingerprint density at radius 3 is 2.36 bits per heavy atom. The lowest BCUT2D eigenvalue weighted by Crippen LogP contribution is -1.98. The molecule has 0 bridgehead atoms. The van der Waals surface area contributed by atoms with Crippen LogP contribution < -0.4 is 5.73 Å². The van der Waals surface area contributed by atoms with Crippen LogP contribution in [0.3, 0.4) is 0 Å². The van der Waals surface area contributed by atoms with Gasteiger partial charge in [0, 0.05) is 11.4 Å². The number of nitrogens with zero attached hydrogens (tertiary/aromatic N) is 4. The molecule has 0 aliphatic heterocycles. The van der Waals surface area contributed by atoms with Crippen molar-refractivity contribution in [2.24, 2.45) is 0 Å². The van der Waals surface area contributed by atoms with Gasteiger partial charge in [0.2, 0.25) is 5.95 Å². The third kappa shape index (κ3) is 1.56. The fraction of sp³-hybridized carbons (Fsp3) is 0.222. The van der Waals surface area contributed by atoms with Gasteiger partial charge >= 0.3 is 0 Å². The largest absolute Gasteiger partial charge is 0.366 e. The molecular weight excluding hydrogens is 178 g/mol. The quantitative estimate of drug-likeness (QED) is 0.722. The van der Waals surface area contributed by atoms with Crippen LogP contribution in [0.4, 0.5) is 5.95 Å². The Bertz CT molecular complexity index is 440. The average molecular weight is 189 g/mol. The minimum Gasteiger partial charge on any atom is -0.366 e. The number of anilines is 1. The van der Waals surface area contributed by atoms with Gasteiger partial charge in [0.25, 0.3) is 0 Å². The topological polar surface area (TPSA) is 69.6 Å². The van der Waals surface area contributed by atoms with E-state index in [2.05, 4.69) is 15.1 Å². The van der Waals surface area contributed by atoms with Gasteiger partial charge in [-0.3, -0.25) is 4.98 Å². The van der Waals surface area contributed by atoms with Crippen LogP contribution in [0.2, 0.25) is 0 Å². The third-order valence-corrected chi connectivity index (χ3v) is 1.84. The summed E-state index contributed by atoms with van der Waals surface area (Å²) in [6.45, 7) is 3.88. The van der Waals surface area contributed by atoms with Crippen molar-refractivity contribution in [3.05, 3.63) is 29.8 Å². The Morgan fingerprint density at radius 2 is 1.86 bits per heavy atom. The van der Waals surface area contributed by atoms with E-state index >= 15 is 0 Å². The lowest BCUT2D eigenvalue weighted by molar-refractivity contribution is 0.873. The number of hydrogen-bond acceptors (Lipinski definition) is 4. The zero-order valence-electron chi connectivity index (χ0n) is 8.10. The first-order chi connectivity index (χ1) is 6.65. The number of hydrogen-bond donors (Lipinski definition) is 1. The molecule has 0 saturated heterocycles. The lowest BCUT2D eigenvalue weighted by atomic mass is 10.3. The van der Waals surface area contributed by atoms with Crippen LogP contribution >= 0.6 is 0 Å². The van der Waals surface area contributed by atoms with Gasteiger partial charge in [-0.1, -0.05) is 0 Å². The summed E-state index contributed by atoms with van der Waals surface area (Å²) in [6, 6.07) is 3.86. The van der Waals surface area contributed by atoms with E-state index in [1.807, 2.05) is 26.0 Å². The molecule has 0 aliphatic rings. The highest BCUT2D eigenvalue weighted by Gasteiger charge is 2.01. The van der Waals surface area contributed by atoms with Crippen LogP contribution in [0.25, 0.3) is 5.69 Å². The molecule has 2 heterocycles. The fourth-order valence-electron chi connectivity index (χ4n) is 1.34. The Hall–Kier alpha value is -1.91. The standard InChI is InChI=1S/C9H11N5/c1-6-3-8(4-7(2)12-6)14-5-11-9(10)13-14/h3-5H,1-2H3,(H2,10,13). The highest BCUT2D eigenvalue weighted by atomic mass is 15.4. The summed E-state index contributed by atoms with van der Waals surface area (Å²) in [5, 5.41) is 4.02. The van der Waals surface area contributed by atoms with Crippen LogP contribution in [-0.4, -0.2) is 19.7 Å². The van der Waals surface area contributed by atoms with E-state index in [1.54, 1.807) is 11.0 Å². The van der Waals surface area contributed by atoms with Gasteiger partial charge in [0.1, 0.15) is 6.33 Å². The molecule has 2 aromatic rings. The molecule has 0 unspecified atom stereocenters. The number of nitrogen functional groups attached to an aromatic ring is 1. The van der Waals surface area contributed by atoms with Crippen LogP contribution in [0.15, 0.2) is 18.5 Å². The molecule has 0 saturated carbocycles. The van der Waals surface area contributed by atoms with E-state index in [0.717, 1.165) is 17.1 Å². The van der Waals surface area contributed by atoms with Crippen molar-refractivity contribution < 1.29 is 0 Å². The number of pyridine rings is 1. The van der Waals surface area contributed by atoms with Crippen molar-refractivity contribution in [2.75, 3.05) is 5.73 Å². The predicted octanol–water partition coefficient (Wildman–Crippen LogP) is 0.861. The number of nitrogens with two attached hydrogens (primary N) is 1. The molecule has 0 amide bonds. The van der Waals surface area contributed by atoms with E-state index in [4.69, 9.17) is 5.73 Å². The van der Waals surface area contributed by atoms with Crippen LogP contribution in [0.1, 0.15) is 11.4 Å². The predicted molar refractivity (Wildman–Crippen MR) is 53.0 cm³/mol. The van der Waals surface area contributed by atoms with Crippen molar-refractivity contribution in [1.29, 1.82) is 0 Å². The second-order valence-electron chi connectivity index (χ2n) is 3.16. The van der Waals surface area contributed by atoms with Gasteiger partial charge in [-0.05, 0) is 26.0 Å². The zero-order chi connectivity index (χ0) is 10.1. The van der Waals surface area contributed by atoms with Gasteiger partial charge in [0.15, 0.2) is 0 Å². The average Bonchev–Trinajstić information content (AvgIpc) is 2.50. The molecule has 5 heteroatoms. The smallest absolute Gasteiger partial charge is 0.239 e. The van der Waals surface area contributed by atoms with Gasteiger partial charge in [-0.15, -0.1) is 5.10 Å². The number of aryl methyl sites for hydroxylation is 2. The molecule has 0 spiro atoms. The normalized spacial score (nSPS) is 10.4. The van der Waals surface area contributed by atoms with Crippen LogP contribution in [0.5, 0.6) is 0 Å². The van der Waals surface area contributed by atoms with Crippen molar-refractivity contribution in [1.82, 2.24) is 19.7 Å². The maximum absolute atomic E-state index is 5.43. The summed E-state index contributed by atoms with van der Waals surface area (Å²) in [6.07, 6.45) is 1.59. The third-order valence-electron chi connectivity index (χ3n) is 1.84. The Balaban J connectivity index is 2.51. The summed E-state index contributed by atoms with van der Waals surface area (Å²) >= 11 is 0. The van der Waals surface area contributed by atoms with Gasteiger partial charge < -0.3 is 5.73 Å². The van der Waals surface area contributed by atoms with E-state index < -0.39 is 0 Å². The van der Waals surface area contributed by atoms with E-state index in [0.29, 0.717) is 0 Å². The highest BCUT2D eigenvalue weighted by Crippen LogP contribution is 2.09. The SMILES string of the molecule is Cc1cc(-n2cnc(N)n2)cc(C)n1. The second kappa shape index (κ2) is 3.10. The molecule has 72 valence electrons. The minimum atomic E-state index is 0.275. The monoisotopic (exact) mass is 189 g/mol. The van der Waals surface area contributed by atoms with Gasteiger partial charge in [0.05, 0.1) is 5.69 Å². The number of aromatic nitrogens is 4. The van der Waals surface area contributed by atoms with E-state index in [9.17, 15) is 0 Å².